The van der Waals surface area contributed by atoms with Crippen LogP contribution in [0.2, 0.25) is 0 Å². The standard InChI is InChI=1S/C11H7F3NOS/c1-7-6-17-10(15-7)8-2-4-9(5-3-8)16-11(12,13)14/h2-6H,1H2. The van der Waals surface area contributed by atoms with E-state index in [0.717, 1.165) is 5.56 Å². The van der Waals surface area contributed by atoms with Crippen molar-refractivity contribution in [1.82, 2.24) is 4.98 Å². The minimum absolute atomic E-state index is 0.243. The molecule has 0 atom stereocenters. The molecule has 0 aliphatic carbocycles. The summed E-state index contributed by atoms with van der Waals surface area (Å²) in [4.78, 5) is 4.13. The van der Waals surface area contributed by atoms with Gasteiger partial charge in [-0.15, -0.1) is 24.5 Å². The van der Waals surface area contributed by atoms with Gasteiger partial charge in [0.15, 0.2) is 0 Å². The summed E-state index contributed by atoms with van der Waals surface area (Å²) in [6.07, 6.45) is -4.66. The smallest absolute Gasteiger partial charge is 0.406 e. The molecule has 1 aromatic carbocycles. The van der Waals surface area contributed by atoms with Crippen LogP contribution in [0.3, 0.4) is 0 Å². The molecule has 0 aliphatic heterocycles. The number of nitrogens with zero attached hydrogens (tertiary/aromatic N) is 1. The molecule has 0 fully saturated rings. The van der Waals surface area contributed by atoms with Crippen molar-refractivity contribution in [2.24, 2.45) is 0 Å². The van der Waals surface area contributed by atoms with Crippen molar-refractivity contribution in [2.75, 3.05) is 0 Å². The normalized spacial score (nSPS) is 11.5. The quantitative estimate of drug-likeness (QED) is 0.815. The van der Waals surface area contributed by atoms with Crippen molar-refractivity contribution in [3.8, 4) is 16.3 Å². The molecule has 6 heteroatoms. The Kier molecular flexibility index (Phi) is 3.06. The lowest BCUT2D eigenvalue weighted by molar-refractivity contribution is -0.274. The van der Waals surface area contributed by atoms with Gasteiger partial charge in [-0.25, -0.2) is 4.98 Å². The lowest BCUT2D eigenvalue weighted by Gasteiger charge is -2.08. The van der Waals surface area contributed by atoms with Crippen molar-refractivity contribution < 1.29 is 17.9 Å². The highest BCUT2D eigenvalue weighted by atomic mass is 32.1. The van der Waals surface area contributed by atoms with Gasteiger partial charge in [0.25, 0.3) is 0 Å². The second kappa shape index (κ2) is 4.37. The van der Waals surface area contributed by atoms with E-state index in [1.165, 1.54) is 35.6 Å². The molecule has 0 bridgehead atoms. The molecule has 0 aliphatic rings. The van der Waals surface area contributed by atoms with Crippen LogP contribution in [0.15, 0.2) is 29.6 Å². The summed E-state index contributed by atoms with van der Waals surface area (Å²) in [6, 6.07) is 5.57. The highest BCUT2D eigenvalue weighted by molar-refractivity contribution is 7.13. The SMILES string of the molecule is [CH2]c1csc(-c2ccc(OC(F)(F)F)cc2)n1. The Balaban J connectivity index is 2.19. The van der Waals surface area contributed by atoms with E-state index in [2.05, 4.69) is 16.6 Å². The van der Waals surface area contributed by atoms with Crippen LogP contribution in [0.4, 0.5) is 13.2 Å². The summed E-state index contributed by atoms with van der Waals surface area (Å²) in [6.45, 7) is 3.66. The maximum atomic E-state index is 11.9. The Labute approximate surface area is 99.7 Å². The van der Waals surface area contributed by atoms with Crippen LogP contribution >= 0.6 is 11.3 Å². The number of hydrogen-bond acceptors (Lipinski definition) is 3. The maximum absolute atomic E-state index is 11.9. The average Bonchev–Trinajstić information content (AvgIpc) is 2.63. The zero-order valence-electron chi connectivity index (χ0n) is 8.49. The van der Waals surface area contributed by atoms with Gasteiger partial charge in [-0.1, -0.05) is 0 Å². The summed E-state index contributed by atoms with van der Waals surface area (Å²) in [5.41, 5.74) is 1.38. The zero-order chi connectivity index (χ0) is 12.5. The van der Waals surface area contributed by atoms with E-state index in [1.807, 2.05) is 0 Å². The molecule has 17 heavy (non-hydrogen) atoms. The van der Waals surface area contributed by atoms with Crippen LogP contribution in [0, 0.1) is 6.92 Å². The molecule has 2 nitrogen and oxygen atoms in total. The molecular weight excluding hydrogens is 251 g/mol. The van der Waals surface area contributed by atoms with Gasteiger partial charge in [-0.05, 0) is 31.2 Å². The Morgan fingerprint density at radius 3 is 2.29 bits per heavy atom. The molecule has 0 saturated heterocycles. The van der Waals surface area contributed by atoms with Crippen molar-refractivity contribution in [3.63, 3.8) is 0 Å². The number of halogens is 3. The van der Waals surface area contributed by atoms with E-state index in [1.54, 1.807) is 5.38 Å². The highest BCUT2D eigenvalue weighted by Crippen LogP contribution is 2.28. The largest absolute Gasteiger partial charge is 0.573 e. The fourth-order valence-electron chi connectivity index (χ4n) is 1.24. The Morgan fingerprint density at radius 1 is 1.18 bits per heavy atom. The first-order chi connectivity index (χ1) is 7.94. The summed E-state index contributed by atoms with van der Waals surface area (Å²) in [7, 11) is 0. The third-order valence-corrected chi connectivity index (χ3v) is 2.83. The zero-order valence-corrected chi connectivity index (χ0v) is 9.31. The van der Waals surface area contributed by atoms with Crippen molar-refractivity contribution >= 4 is 11.3 Å². The molecule has 0 N–H and O–H groups in total. The average molecular weight is 258 g/mol. The Hall–Kier alpha value is -1.56. The number of aromatic nitrogens is 1. The maximum Gasteiger partial charge on any atom is 0.573 e. The summed E-state index contributed by atoms with van der Waals surface area (Å²) in [5.74, 6) is -0.243. The minimum Gasteiger partial charge on any atom is -0.406 e. The molecule has 0 spiro atoms. The van der Waals surface area contributed by atoms with Gasteiger partial charge in [0, 0.05) is 10.9 Å². The van der Waals surface area contributed by atoms with Crippen LogP contribution in [-0.2, 0) is 0 Å². The summed E-state index contributed by atoms with van der Waals surface area (Å²) < 4.78 is 39.6. The van der Waals surface area contributed by atoms with E-state index in [9.17, 15) is 13.2 Å². The van der Waals surface area contributed by atoms with Gasteiger partial charge in [-0.3, -0.25) is 0 Å². The second-order valence-corrected chi connectivity index (χ2v) is 4.07. The molecule has 89 valence electrons. The van der Waals surface area contributed by atoms with Crippen molar-refractivity contribution in [2.45, 2.75) is 6.36 Å². The molecule has 1 heterocycles. The van der Waals surface area contributed by atoms with Gasteiger partial charge >= 0.3 is 6.36 Å². The number of hydrogen-bond donors (Lipinski definition) is 0. The van der Waals surface area contributed by atoms with E-state index in [0.29, 0.717) is 10.7 Å². The number of benzene rings is 1. The molecule has 0 unspecified atom stereocenters. The molecule has 1 aromatic heterocycles. The molecule has 1 radical (unpaired) electrons. The number of alkyl halides is 3. The van der Waals surface area contributed by atoms with E-state index >= 15 is 0 Å². The molecule has 0 saturated carbocycles. The third kappa shape index (κ3) is 3.20. The predicted molar refractivity (Wildman–Crippen MR) is 58.7 cm³/mol. The predicted octanol–water partition coefficient (Wildman–Crippen LogP) is 3.89. The minimum atomic E-state index is -4.66. The molecule has 2 rings (SSSR count). The van der Waals surface area contributed by atoms with Crippen LogP contribution < -0.4 is 4.74 Å². The fraction of sp³-hybridized carbons (Fsp3) is 0.0909. The number of rotatable bonds is 2. The number of ether oxygens (including phenoxy) is 1. The van der Waals surface area contributed by atoms with Crippen LogP contribution in [0.1, 0.15) is 5.69 Å². The van der Waals surface area contributed by atoms with Crippen LogP contribution in [0.5, 0.6) is 5.75 Å². The molecular formula is C11H7F3NOS. The lowest BCUT2D eigenvalue weighted by atomic mass is 10.2. The fourth-order valence-corrected chi connectivity index (χ4v) is 1.98. The Bertz CT molecular complexity index is 504. The van der Waals surface area contributed by atoms with Gasteiger partial charge in [0.05, 0.1) is 5.69 Å². The highest BCUT2D eigenvalue weighted by Gasteiger charge is 2.30. The Morgan fingerprint density at radius 2 is 1.82 bits per heavy atom. The molecule has 0 amide bonds. The van der Waals surface area contributed by atoms with Crippen molar-refractivity contribution in [1.29, 1.82) is 0 Å². The van der Waals surface area contributed by atoms with E-state index in [-0.39, 0.29) is 5.75 Å². The summed E-state index contributed by atoms with van der Waals surface area (Å²) in [5, 5.41) is 2.49. The first-order valence-corrected chi connectivity index (χ1v) is 5.46. The monoisotopic (exact) mass is 258 g/mol. The van der Waals surface area contributed by atoms with E-state index in [4.69, 9.17) is 0 Å². The first-order valence-electron chi connectivity index (χ1n) is 4.58. The van der Waals surface area contributed by atoms with Crippen molar-refractivity contribution in [3.05, 3.63) is 42.3 Å². The lowest BCUT2D eigenvalue weighted by Crippen LogP contribution is -2.16. The topological polar surface area (TPSA) is 22.1 Å². The van der Waals surface area contributed by atoms with Gasteiger partial charge in [-0.2, -0.15) is 0 Å². The van der Waals surface area contributed by atoms with E-state index < -0.39 is 6.36 Å². The van der Waals surface area contributed by atoms with Gasteiger partial charge < -0.3 is 4.74 Å². The van der Waals surface area contributed by atoms with Crippen LogP contribution in [0.25, 0.3) is 10.6 Å². The van der Waals surface area contributed by atoms with Gasteiger partial charge in [0.2, 0.25) is 0 Å². The van der Waals surface area contributed by atoms with Gasteiger partial charge in [0.1, 0.15) is 10.8 Å². The van der Waals surface area contributed by atoms with Crippen LogP contribution in [-0.4, -0.2) is 11.3 Å². The second-order valence-electron chi connectivity index (χ2n) is 3.22. The summed E-state index contributed by atoms with van der Waals surface area (Å²) >= 11 is 1.38. The molecule has 2 aromatic rings. The number of thiazole rings is 1. The third-order valence-electron chi connectivity index (χ3n) is 1.89. The first kappa shape index (κ1) is 11.9.